The summed E-state index contributed by atoms with van der Waals surface area (Å²) in [4.78, 5) is 0. The number of ether oxygens (including phenoxy) is 1. The van der Waals surface area contributed by atoms with Crippen LogP contribution in [0.4, 0.5) is 4.39 Å². The van der Waals surface area contributed by atoms with Gasteiger partial charge in [0, 0.05) is 23.1 Å². The second kappa shape index (κ2) is 7.72. The molecule has 2 aromatic carbocycles. The fourth-order valence-corrected chi connectivity index (χ4v) is 3.94. The SMILES string of the molecule is COc1c(Br)cc(CNCc2cc(Br)ccc2F)cc1Br. The summed E-state index contributed by atoms with van der Waals surface area (Å²) in [6.07, 6.45) is 0. The van der Waals surface area contributed by atoms with Gasteiger partial charge in [-0.1, -0.05) is 15.9 Å². The molecule has 0 bridgehead atoms. The van der Waals surface area contributed by atoms with Crippen LogP contribution in [-0.4, -0.2) is 7.11 Å². The standard InChI is InChI=1S/C15H13Br3FNO/c1-21-15-12(17)4-9(5-13(15)18)7-20-8-10-6-11(16)2-3-14(10)19/h2-6,20H,7-8H2,1H3. The molecule has 1 N–H and O–H groups in total. The third-order valence-electron chi connectivity index (χ3n) is 2.91. The molecule has 0 amide bonds. The van der Waals surface area contributed by atoms with Crippen LogP contribution < -0.4 is 10.1 Å². The summed E-state index contributed by atoms with van der Waals surface area (Å²) in [5, 5.41) is 3.23. The molecule has 112 valence electrons. The molecule has 0 spiro atoms. The largest absolute Gasteiger partial charge is 0.494 e. The van der Waals surface area contributed by atoms with E-state index in [4.69, 9.17) is 4.74 Å². The van der Waals surface area contributed by atoms with E-state index in [1.807, 2.05) is 12.1 Å². The molecule has 2 rings (SSSR count). The molecule has 0 radical (unpaired) electrons. The minimum atomic E-state index is -0.206. The molecule has 2 nitrogen and oxygen atoms in total. The summed E-state index contributed by atoms with van der Waals surface area (Å²) >= 11 is 10.3. The predicted octanol–water partition coefficient (Wildman–Crippen LogP) is 5.41. The van der Waals surface area contributed by atoms with E-state index in [1.54, 1.807) is 19.2 Å². The summed E-state index contributed by atoms with van der Waals surface area (Å²) in [6, 6.07) is 8.89. The lowest BCUT2D eigenvalue weighted by molar-refractivity contribution is 0.409. The zero-order valence-electron chi connectivity index (χ0n) is 11.2. The van der Waals surface area contributed by atoms with Crippen LogP contribution in [0, 0.1) is 5.82 Å². The van der Waals surface area contributed by atoms with Crippen molar-refractivity contribution < 1.29 is 9.13 Å². The van der Waals surface area contributed by atoms with Crippen molar-refractivity contribution in [3.63, 3.8) is 0 Å². The topological polar surface area (TPSA) is 21.3 Å². The van der Waals surface area contributed by atoms with Crippen molar-refractivity contribution >= 4 is 47.8 Å². The molecule has 0 unspecified atom stereocenters. The fourth-order valence-electron chi connectivity index (χ4n) is 1.93. The van der Waals surface area contributed by atoms with Gasteiger partial charge in [0.25, 0.3) is 0 Å². The first-order chi connectivity index (χ1) is 10.0. The molecular formula is C15H13Br3FNO. The fraction of sp³-hybridized carbons (Fsp3) is 0.200. The van der Waals surface area contributed by atoms with Crippen molar-refractivity contribution in [2.24, 2.45) is 0 Å². The van der Waals surface area contributed by atoms with Gasteiger partial charge < -0.3 is 10.1 Å². The zero-order valence-corrected chi connectivity index (χ0v) is 16.0. The van der Waals surface area contributed by atoms with Gasteiger partial charge in [-0.05, 0) is 67.8 Å². The van der Waals surface area contributed by atoms with Crippen LogP contribution in [0.15, 0.2) is 43.7 Å². The third kappa shape index (κ3) is 4.52. The molecule has 0 aliphatic rings. The summed E-state index contributed by atoms with van der Waals surface area (Å²) < 4.78 is 21.5. The van der Waals surface area contributed by atoms with Gasteiger partial charge in [-0.15, -0.1) is 0 Å². The number of rotatable bonds is 5. The highest BCUT2D eigenvalue weighted by atomic mass is 79.9. The first-order valence-corrected chi connectivity index (χ1v) is 8.55. The van der Waals surface area contributed by atoms with E-state index in [-0.39, 0.29) is 5.82 Å². The van der Waals surface area contributed by atoms with Crippen LogP contribution in [0.3, 0.4) is 0 Å². The second-order valence-electron chi connectivity index (χ2n) is 4.43. The number of hydrogen-bond donors (Lipinski definition) is 1. The maximum atomic E-state index is 13.6. The van der Waals surface area contributed by atoms with Crippen molar-refractivity contribution in [2.45, 2.75) is 13.1 Å². The predicted molar refractivity (Wildman–Crippen MR) is 93.0 cm³/mol. The molecule has 0 saturated carbocycles. The van der Waals surface area contributed by atoms with Crippen molar-refractivity contribution in [1.29, 1.82) is 0 Å². The molecule has 21 heavy (non-hydrogen) atoms. The Morgan fingerprint density at radius 2 is 1.71 bits per heavy atom. The van der Waals surface area contributed by atoms with Crippen LogP contribution in [0.5, 0.6) is 5.75 Å². The normalized spacial score (nSPS) is 10.7. The summed E-state index contributed by atoms with van der Waals surface area (Å²) in [6.45, 7) is 1.10. The molecule has 0 aliphatic heterocycles. The smallest absolute Gasteiger partial charge is 0.147 e. The Labute approximate surface area is 148 Å². The molecule has 0 aromatic heterocycles. The van der Waals surface area contributed by atoms with Crippen LogP contribution in [0.2, 0.25) is 0 Å². The maximum absolute atomic E-state index is 13.6. The number of nitrogens with one attached hydrogen (secondary N) is 1. The number of methoxy groups -OCH3 is 1. The van der Waals surface area contributed by atoms with Crippen LogP contribution in [0.1, 0.15) is 11.1 Å². The van der Waals surface area contributed by atoms with Gasteiger partial charge in [-0.3, -0.25) is 0 Å². The van der Waals surface area contributed by atoms with E-state index in [0.29, 0.717) is 18.7 Å². The summed E-state index contributed by atoms with van der Waals surface area (Å²) in [5.41, 5.74) is 1.71. The molecule has 0 saturated heterocycles. The van der Waals surface area contributed by atoms with E-state index in [2.05, 4.69) is 53.1 Å². The minimum Gasteiger partial charge on any atom is -0.494 e. The molecule has 2 aromatic rings. The first-order valence-electron chi connectivity index (χ1n) is 6.18. The van der Waals surface area contributed by atoms with Crippen molar-refractivity contribution in [1.82, 2.24) is 5.32 Å². The Morgan fingerprint density at radius 3 is 2.33 bits per heavy atom. The first kappa shape index (κ1) is 16.9. The average Bonchev–Trinajstić information content (AvgIpc) is 2.42. The quantitative estimate of drug-likeness (QED) is 0.616. The van der Waals surface area contributed by atoms with Crippen LogP contribution >= 0.6 is 47.8 Å². The Bertz CT molecular complexity index is 626. The summed E-state index contributed by atoms with van der Waals surface area (Å²) in [5.74, 6) is 0.555. The summed E-state index contributed by atoms with van der Waals surface area (Å²) in [7, 11) is 1.62. The van der Waals surface area contributed by atoms with Gasteiger partial charge in [0.2, 0.25) is 0 Å². The number of halogens is 4. The van der Waals surface area contributed by atoms with E-state index in [1.165, 1.54) is 6.07 Å². The van der Waals surface area contributed by atoms with E-state index < -0.39 is 0 Å². The zero-order chi connectivity index (χ0) is 15.4. The van der Waals surface area contributed by atoms with E-state index in [0.717, 1.165) is 24.7 Å². The molecule has 0 atom stereocenters. The monoisotopic (exact) mass is 479 g/mol. The Morgan fingerprint density at radius 1 is 1.05 bits per heavy atom. The number of benzene rings is 2. The van der Waals surface area contributed by atoms with Crippen LogP contribution in [0.25, 0.3) is 0 Å². The van der Waals surface area contributed by atoms with Gasteiger partial charge in [0.15, 0.2) is 0 Å². The van der Waals surface area contributed by atoms with Gasteiger partial charge in [-0.2, -0.15) is 0 Å². The average molecular weight is 482 g/mol. The van der Waals surface area contributed by atoms with Gasteiger partial charge >= 0.3 is 0 Å². The molecule has 6 heteroatoms. The lowest BCUT2D eigenvalue weighted by Gasteiger charge is -2.11. The van der Waals surface area contributed by atoms with E-state index >= 15 is 0 Å². The Hall–Kier alpha value is -0.430. The molecular weight excluding hydrogens is 469 g/mol. The minimum absolute atomic E-state index is 0.206. The highest BCUT2D eigenvalue weighted by Gasteiger charge is 2.08. The van der Waals surface area contributed by atoms with Gasteiger partial charge in [0.05, 0.1) is 16.1 Å². The maximum Gasteiger partial charge on any atom is 0.147 e. The number of hydrogen-bond acceptors (Lipinski definition) is 2. The highest BCUT2D eigenvalue weighted by molar-refractivity contribution is 9.11. The van der Waals surface area contributed by atoms with Crippen molar-refractivity contribution in [3.05, 3.63) is 60.7 Å². The lowest BCUT2D eigenvalue weighted by Crippen LogP contribution is -2.14. The lowest BCUT2D eigenvalue weighted by atomic mass is 10.2. The Balaban J connectivity index is 2.02. The van der Waals surface area contributed by atoms with Gasteiger partial charge in [-0.25, -0.2) is 4.39 Å². The molecule has 0 heterocycles. The third-order valence-corrected chi connectivity index (χ3v) is 4.59. The van der Waals surface area contributed by atoms with Gasteiger partial charge in [0.1, 0.15) is 11.6 Å². The van der Waals surface area contributed by atoms with E-state index in [9.17, 15) is 4.39 Å². The Kier molecular flexibility index (Phi) is 6.22. The van der Waals surface area contributed by atoms with Crippen LogP contribution in [-0.2, 0) is 13.1 Å². The second-order valence-corrected chi connectivity index (χ2v) is 7.06. The highest BCUT2D eigenvalue weighted by Crippen LogP contribution is 2.34. The van der Waals surface area contributed by atoms with Crippen molar-refractivity contribution in [2.75, 3.05) is 7.11 Å². The molecule has 0 fully saturated rings. The molecule has 0 aliphatic carbocycles. The van der Waals surface area contributed by atoms with Crippen molar-refractivity contribution in [3.8, 4) is 5.75 Å².